The van der Waals surface area contributed by atoms with E-state index in [1.807, 2.05) is 24.3 Å². The van der Waals surface area contributed by atoms with E-state index in [1.54, 1.807) is 29.2 Å². The van der Waals surface area contributed by atoms with Crippen molar-refractivity contribution in [2.75, 3.05) is 11.9 Å². The lowest BCUT2D eigenvalue weighted by Crippen LogP contribution is -2.43. The van der Waals surface area contributed by atoms with E-state index >= 15 is 0 Å². The molecule has 2 heterocycles. The monoisotopic (exact) mass is 490 g/mol. The van der Waals surface area contributed by atoms with Gasteiger partial charge in [-0.3, -0.25) is 14.9 Å². The Morgan fingerprint density at radius 1 is 1.17 bits per heavy atom. The van der Waals surface area contributed by atoms with Crippen LogP contribution in [0.2, 0.25) is 5.02 Å². The maximum atomic E-state index is 12.9. The molecule has 0 unspecified atom stereocenters. The Kier molecular flexibility index (Phi) is 5.94. The molecule has 1 aliphatic rings. The molecule has 1 aliphatic heterocycles. The first kappa shape index (κ1) is 20.0. The van der Waals surface area contributed by atoms with Crippen LogP contribution in [0.4, 0.5) is 5.13 Å². The molecule has 9 heteroatoms. The third-order valence-electron chi connectivity index (χ3n) is 4.63. The van der Waals surface area contributed by atoms with Crippen molar-refractivity contribution in [1.82, 2.24) is 15.1 Å². The van der Waals surface area contributed by atoms with E-state index in [0.717, 1.165) is 16.5 Å². The van der Waals surface area contributed by atoms with Crippen molar-refractivity contribution in [3.63, 3.8) is 0 Å². The number of amides is 2. The highest BCUT2D eigenvalue weighted by atomic mass is 79.9. The lowest BCUT2D eigenvalue weighted by molar-refractivity contribution is -0.119. The van der Waals surface area contributed by atoms with Crippen molar-refractivity contribution in [1.29, 1.82) is 0 Å². The molecule has 0 aliphatic carbocycles. The Morgan fingerprint density at radius 2 is 1.97 bits per heavy atom. The van der Waals surface area contributed by atoms with E-state index in [2.05, 4.69) is 31.4 Å². The molecule has 2 aromatic carbocycles. The average molecular weight is 492 g/mol. The number of nitrogens with one attached hydrogen (secondary N) is 1. The molecule has 0 radical (unpaired) electrons. The summed E-state index contributed by atoms with van der Waals surface area (Å²) in [7, 11) is 0. The van der Waals surface area contributed by atoms with Crippen molar-refractivity contribution in [2.45, 2.75) is 18.9 Å². The number of carbonyl (C=O) groups is 2. The van der Waals surface area contributed by atoms with E-state index in [-0.39, 0.29) is 11.8 Å². The van der Waals surface area contributed by atoms with Crippen LogP contribution in [0.15, 0.2) is 53.0 Å². The minimum atomic E-state index is -0.524. The van der Waals surface area contributed by atoms with Gasteiger partial charge in [0, 0.05) is 27.2 Å². The quantitative estimate of drug-likeness (QED) is 0.565. The summed E-state index contributed by atoms with van der Waals surface area (Å²) in [5.74, 6) is -0.396. The molecule has 3 aromatic rings. The molecular weight excluding hydrogens is 476 g/mol. The molecule has 4 rings (SSSR count). The van der Waals surface area contributed by atoms with Crippen LogP contribution < -0.4 is 5.32 Å². The maximum absolute atomic E-state index is 12.9. The summed E-state index contributed by atoms with van der Waals surface area (Å²) in [5, 5.41) is 12.7. The third kappa shape index (κ3) is 4.49. The van der Waals surface area contributed by atoms with Gasteiger partial charge in [-0.1, -0.05) is 57.1 Å². The van der Waals surface area contributed by atoms with Crippen LogP contribution in [0.3, 0.4) is 0 Å². The van der Waals surface area contributed by atoms with Crippen LogP contribution in [-0.2, 0) is 4.79 Å². The van der Waals surface area contributed by atoms with Crippen molar-refractivity contribution in [2.24, 2.45) is 0 Å². The van der Waals surface area contributed by atoms with Crippen LogP contribution in [0.5, 0.6) is 0 Å². The number of rotatable bonds is 4. The Bertz CT molecular complexity index is 1060. The van der Waals surface area contributed by atoms with Gasteiger partial charge in [0.1, 0.15) is 11.0 Å². The Hall–Kier alpha value is -2.29. The summed E-state index contributed by atoms with van der Waals surface area (Å²) < 4.78 is 0.826. The Labute approximate surface area is 185 Å². The van der Waals surface area contributed by atoms with Gasteiger partial charge >= 0.3 is 0 Å². The first-order valence-corrected chi connectivity index (χ1v) is 11.0. The molecule has 1 atom stereocenters. The topological polar surface area (TPSA) is 75.2 Å². The number of aromatic nitrogens is 2. The fourth-order valence-electron chi connectivity index (χ4n) is 3.24. The van der Waals surface area contributed by atoms with Gasteiger partial charge in [0.05, 0.1) is 0 Å². The smallest absolute Gasteiger partial charge is 0.254 e. The number of likely N-dealkylation sites (tertiary alicyclic amines) is 1. The van der Waals surface area contributed by atoms with Crippen molar-refractivity contribution in [3.8, 4) is 10.6 Å². The molecule has 1 saturated heterocycles. The van der Waals surface area contributed by atoms with Gasteiger partial charge in [0.2, 0.25) is 11.0 Å². The lowest BCUT2D eigenvalue weighted by atomic mass is 10.1. The average Bonchev–Trinajstić information content (AvgIpc) is 3.38. The molecule has 1 aromatic heterocycles. The SMILES string of the molecule is O=C(Nc1nnc(-c2ccc(Cl)cc2)s1)[C@@H]1CCCN1C(=O)c1cccc(Br)c1. The first-order valence-electron chi connectivity index (χ1n) is 8.98. The molecule has 0 bridgehead atoms. The van der Waals surface area contributed by atoms with Crippen LogP contribution in [-0.4, -0.2) is 39.5 Å². The maximum Gasteiger partial charge on any atom is 0.254 e. The Morgan fingerprint density at radius 3 is 2.72 bits per heavy atom. The molecule has 1 N–H and O–H groups in total. The van der Waals surface area contributed by atoms with Gasteiger partial charge in [-0.05, 0) is 43.2 Å². The number of halogens is 2. The third-order valence-corrected chi connectivity index (χ3v) is 6.27. The molecular formula is C20H16BrClN4O2S. The summed E-state index contributed by atoms with van der Waals surface area (Å²) in [4.78, 5) is 27.3. The minimum absolute atomic E-state index is 0.150. The molecule has 0 saturated carbocycles. The summed E-state index contributed by atoms with van der Waals surface area (Å²) in [6.07, 6.45) is 1.40. The van der Waals surface area contributed by atoms with E-state index in [1.165, 1.54) is 11.3 Å². The summed E-state index contributed by atoms with van der Waals surface area (Å²) >= 11 is 10.6. The molecule has 148 valence electrons. The summed E-state index contributed by atoms with van der Waals surface area (Å²) in [6, 6.07) is 13.9. The first-order chi connectivity index (χ1) is 14.0. The number of anilines is 1. The second kappa shape index (κ2) is 8.61. The lowest BCUT2D eigenvalue weighted by Gasteiger charge is -2.23. The van der Waals surface area contributed by atoms with Gasteiger partial charge in [0.25, 0.3) is 5.91 Å². The number of nitrogens with zero attached hydrogens (tertiary/aromatic N) is 3. The molecule has 0 spiro atoms. The zero-order chi connectivity index (χ0) is 20.4. The number of benzene rings is 2. The van der Waals surface area contributed by atoms with E-state index < -0.39 is 6.04 Å². The van der Waals surface area contributed by atoms with Crippen LogP contribution in [0.1, 0.15) is 23.2 Å². The summed E-state index contributed by atoms with van der Waals surface area (Å²) in [6.45, 7) is 0.551. The van der Waals surface area contributed by atoms with E-state index in [9.17, 15) is 9.59 Å². The largest absolute Gasteiger partial charge is 0.327 e. The van der Waals surface area contributed by atoms with E-state index in [4.69, 9.17) is 11.6 Å². The number of hydrogen-bond acceptors (Lipinski definition) is 5. The van der Waals surface area contributed by atoms with Crippen molar-refractivity contribution in [3.05, 3.63) is 63.6 Å². The second-order valence-corrected chi connectivity index (χ2v) is 8.91. The number of carbonyl (C=O) groups excluding carboxylic acids is 2. The fraction of sp³-hybridized carbons (Fsp3) is 0.200. The second-order valence-electron chi connectivity index (χ2n) is 6.58. The van der Waals surface area contributed by atoms with Crippen molar-refractivity contribution < 1.29 is 9.59 Å². The predicted octanol–water partition coefficient (Wildman–Crippen LogP) is 4.86. The van der Waals surface area contributed by atoms with Crippen LogP contribution in [0, 0.1) is 0 Å². The standard InChI is InChI=1S/C20H16BrClN4O2S/c21-14-4-1-3-13(11-14)19(28)26-10-2-5-16(26)17(27)23-20-25-24-18(29-20)12-6-8-15(22)9-7-12/h1,3-4,6-9,11,16H,2,5,10H2,(H,23,25,27)/t16-/m0/s1. The number of hydrogen-bond donors (Lipinski definition) is 1. The minimum Gasteiger partial charge on any atom is -0.327 e. The molecule has 1 fully saturated rings. The molecule has 29 heavy (non-hydrogen) atoms. The van der Waals surface area contributed by atoms with Crippen molar-refractivity contribution >= 4 is 55.8 Å². The molecule has 2 amide bonds. The van der Waals surface area contributed by atoms with Crippen LogP contribution in [0.25, 0.3) is 10.6 Å². The fourth-order valence-corrected chi connectivity index (χ4v) is 4.52. The van der Waals surface area contributed by atoms with Crippen LogP contribution >= 0.6 is 38.9 Å². The summed E-state index contributed by atoms with van der Waals surface area (Å²) in [5.41, 5.74) is 1.43. The Balaban J connectivity index is 1.46. The highest BCUT2D eigenvalue weighted by Crippen LogP contribution is 2.28. The molecule has 6 nitrogen and oxygen atoms in total. The van der Waals surface area contributed by atoms with E-state index in [0.29, 0.717) is 33.7 Å². The normalized spacial score (nSPS) is 16.1. The van der Waals surface area contributed by atoms with Gasteiger partial charge in [-0.25, -0.2) is 0 Å². The highest BCUT2D eigenvalue weighted by molar-refractivity contribution is 9.10. The predicted molar refractivity (Wildman–Crippen MR) is 117 cm³/mol. The van der Waals surface area contributed by atoms with Gasteiger partial charge in [-0.2, -0.15) is 0 Å². The van der Waals surface area contributed by atoms with Gasteiger partial charge in [-0.15, -0.1) is 10.2 Å². The van der Waals surface area contributed by atoms with Gasteiger partial charge < -0.3 is 4.90 Å². The van der Waals surface area contributed by atoms with Gasteiger partial charge in [0.15, 0.2) is 0 Å². The highest BCUT2D eigenvalue weighted by Gasteiger charge is 2.35. The zero-order valence-electron chi connectivity index (χ0n) is 15.1. The zero-order valence-corrected chi connectivity index (χ0v) is 18.3.